The van der Waals surface area contributed by atoms with E-state index in [0.29, 0.717) is 145 Å². The predicted octanol–water partition coefficient (Wildman–Crippen LogP) is 0.295. The Hall–Kier alpha value is -1.50. The molecule has 0 atom stereocenters. The van der Waals surface area contributed by atoms with Gasteiger partial charge in [0.25, 0.3) is 0 Å². The molecule has 15 heteroatoms. The smallest absolute Gasteiger partial charge is 0.331 e. The molecule has 0 aromatic carbocycles. The average Bonchev–Trinajstić information content (AvgIpc) is 3.01. The molecule has 0 bridgehead atoms. The lowest BCUT2D eigenvalue weighted by atomic mass is 10.5. The van der Waals surface area contributed by atoms with Gasteiger partial charge in [0.1, 0.15) is 6.61 Å². The summed E-state index contributed by atoms with van der Waals surface area (Å²) in [5.74, 6) is -0.665. The summed E-state index contributed by atoms with van der Waals surface area (Å²) in [6.45, 7) is 11.6. The highest BCUT2D eigenvalue weighted by molar-refractivity contribution is 5.70. The lowest BCUT2D eigenvalue weighted by Gasteiger charge is -2.09. The molecule has 0 unspecified atom stereocenters. The molecule has 0 aromatic heterocycles. The average molecular weight is 631 g/mol. The summed E-state index contributed by atoms with van der Waals surface area (Å²) in [6, 6.07) is 0. The fourth-order valence-corrected chi connectivity index (χ4v) is 2.80. The first-order valence-corrected chi connectivity index (χ1v) is 14.8. The van der Waals surface area contributed by atoms with Gasteiger partial charge in [0, 0.05) is 0 Å². The number of methoxy groups -OCH3 is 1. The van der Waals surface area contributed by atoms with Crippen LogP contribution in [0.4, 0.5) is 0 Å². The van der Waals surface area contributed by atoms with Crippen molar-refractivity contribution in [3.8, 4) is 0 Å². The third-order valence-electron chi connectivity index (χ3n) is 4.92. The zero-order valence-corrected chi connectivity index (χ0v) is 26.1. The summed E-state index contributed by atoms with van der Waals surface area (Å²) in [6.07, 6.45) is 0.252. The van der Waals surface area contributed by atoms with Crippen molar-refractivity contribution in [2.75, 3.05) is 159 Å². The second kappa shape index (κ2) is 36.7. The minimum absolute atomic E-state index is 0.0735. The highest BCUT2D eigenvalue weighted by Gasteiger charge is 2.01. The van der Waals surface area contributed by atoms with Crippen LogP contribution in [-0.4, -0.2) is 171 Å². The standard InChI is InChI=1S/C28H54O15/c1-3-43-27(29)4-5-32-6-7-33-8-9-34-10-11-35-12-13-36-14-15-37-16-17-38-18-19-39-20-21-40-22-23-41-24-25-42-26-28(30)31-2/h3-26H2,1-2H3. The molecule has 0 aliphatic heterocycles. The van der Waals surface area contributed by atoms with Crippen molar-refractivity contribution in [1.29, 1.82) is 0 Å². The molecular weight excluding hydrogens is 576 g/mol. The van der Waals surface area contributed by atoms with Gasteiger partial charge in [-0.1, -0.05) is 0 Å². The molecule has 0 spiro atoms. The van der Waals surface area contributed by atoms with Gasteiger partial charge in [0.2, 0.25) is 0 Å². The fourth-order valence-electron chi connectivity index (χ4n) is 2.80. The molecule has 0 N–H and O–H groups in total. The number of esters is 2. The van der Waals surface area contributed by atoms with E-state index in [0.717, 1.165) is 0 Å². The Morgan fingerprint density at radius 2 is 0.628 bits per heavy atom. The van der Waals surface area contributed by atoms with Crippen LogP contribution in [0.2, 0.25) is 0 Å². The third kappa shape index (κ3) is 36.6. The number of rotatable bonds is 36. The molecule has 15 nitrogen and oxygen atoms in total. The summed E-state index contributed by atoms with van der Waals surface area (Å²) >= 11 is 0. The minimum atomic E-state index is -0.411. The van der Waals surface area contributed by atoms with Crippen molar-refractivity contribution in [1.82, 2.24) is 0 Å². The fraction of sp³-hybridized carbons (Fsp3) is 0.929. The summed E-state index contributed by atoms with van der Waals surface area (Å²) < 4.78 is 68.3. The molecule has 43 heavy (non-hydrogen) atoms. The van der Waals surface area contributed by atoms with Crippen LogP contribution in [0.15, 0.2) is 0 Å². The van der Waals surface area contributed by atoms with Crippen molar-refractivity contribution < 1.29 is 71.2 Å². The maximum atomic E-state index is 11.1. The highest BCUT2D eigenvalue weighted by Crippen LogP contribution is 1.90. The minimum Gasteiger partial charge on any atom is -0.467 e. The van der Waals surface area contributed by atoms with Crippen LogP contribution >= 0.6 is 0 Å². The van der Waals surface area contributed by atoms with Gasteiger partial charge in [-0.25, -0.2) is 4.79 Å². The van der Waals surface area contributed by atoms with E-state index in [1.54, 1.807) is 6.92 Å². The van der Waals surface area contributed by atoms with Gasteiger partial charge in [-0.2, -0.15) is 0 Å². The molecule has 0 aliphatic carbocycles. The van der Waals surface area contributed by atoms with Gasteiger partial charge in [-0.3, -0.25) is 4.79 Å². The monoisotopic (exact) mass is 630 g/mol. The van der Waals surface area contributed by atoms with Crippen LogP contribution in [-0.2, 0) is 71.2 Å². The Morgan fingerprint density at radius 1 is 0.372 bits per heavy atom. The second-order valence-electron chi connectivity index (χ2n) is 8.31. The lowest BCUT2D eigenvalue weighted by molar-refractivity contribution is -0.146. The highest BCUT2D eigenvalue weighted by atomic mass is 16.6. The summed E-state index contributed by atoms with van der Waals surface area (Å²) in [4.78, 5) is 22.0. The van der Waals surface area contributed by atoms with Crippen molar-refractivity contribution >= 4 is 11.9 Å². The third-order valence-corrected chi connectivity index (χ3v) is 4.92. The first-order chi connectivity index (χ1) is 21.2. The van der Waals surface area contributed by atoms with Crippen molar-refractivity contribution in [3.05, 3.63) is 0 Å². The zero-order chi connectivity index (χ0) is 31.3. The summed E-state index contributed by atoms with van der Waals surface area (Å²) in [7, 11) is 1.31. The van der Waals surface area contributed by atoms with Crippen molar-refractivity contribution in [2.45, 2.75) is 13.3 Å². The van der Waals surface area contributed by atoms with E-state index in [1.165, 1.54) is 7.11 Å². The maximum Gasteiger partial charge on any atom is 0.331 e. The number of hydrogen-bond donors (Lipinski definition) is 0. The molecule has 0 rings (SSSR count). The molecule has 0 saturated carbocycles. The Labute approximate surface area is 255 Å². The van der Waals surface area contributed by atoms with E-state index in [-0.39, 0.29) is 19.0 Å². The largest absolute Gasteiger partial charge is 0.467 e. The van der Waals surface area contributed by atoms with Crippen LogP contribution in [0.3, 0.4) is 0 Å². The second-order valence-corrected chi connectivity index (χ2v) is 8.31. The zero-order valence-electron chi connectivity index (χ0n) is 26.1. The molecule has 0 aliphatic rings. The van der Waals surface area contributed by atoms with Crippen LogP contribution in [0, 0.1) is 0 Å². The predicted molar refractivity (Wildman–Crippen MR) is 152 cm³/mol. The van der Waals surface area contributed by atoms with Gasteiger partial charge < -0.3 is 61.6 Å². The lowest BCUT2D eigenvalue weighted by Crippen LogP contribution is -2.16. The Kier molecular flexibility index (Phi) is 35.4. The number of ether oxygens (including phenoxy) is 13. The van der Waals surface area contributed by atoms with Crippen molar-refractivity contribution in [3.63, 3.8) is 0 Å². The van der Waals surface area contributed by atoms with E-state index in [2.05, 4.69) is 4.74 Å². The van der Waals surface area contributed by atoms with Gasteiger partial charge in [0.05, 0.1) is 159 Å². The van der Waals surface area contributed by atoms with Gasteiger partial charge >= 0.3 is 11.9 Å². The molecule has 0 amide bonds. The number of carbonyl (C=O) groups excluding carboxylic acids is 2. The topological polar surface area (TPSA) is 154 Å². The van der Waals surface area contributed by atoms with Gasteiger partial charge in [-0.05, 0) is 6.92 Å². The van der Waals surface area contributed by atoms with E-state index in [4.69, 9.17) is 56.8 Å². The Morgan fingerprint density at radius 3 is 0.884 bits per heavy atom. The first kappa shape index (κ1) is 41.5. The molecular formula is C28H54O15. The molecule has 0 radical (unpaired) electrons. The molecule has 0 aromatic rings. The van der Waals surface area contributed by atoms with Crippen LogP contribution in [0.5, 0.6) is 0 Å². The molecule has 0 saturated heterocycles. The van der Waals surface area contributed by atoms with E-state index < -0.39 is 5.97 Å². The number of hydrogen-bond acceptors (Lipinski definition) is 15. The Balaban J connectivity index is 3.07. The van der Waals surface area contributed by atoms with E-state index in [1.807, 2.05) is 0 Å². The van der Waals surface area contributed by atoms with Gasteiger partial charge in [0.15, 0.2) is 0 Å². The quantitative estimate of drug-likeness (QED) is 0.0688. The number of carbonyl (C=O) groups is 2. The maximum absolute atomic E-state index is 11.1. The molecule has 0 heterocycles. The SMILES string of the molecule is CCOC(=O)CCOCCOCCOCCOCCOCCOCCOCCOCCOCCOCCOCC(=O)OC. The van der Waals surface area contributed by atoms with E-state index in [9.17, 15) is 9.59 Å². The van der Waals surface area contributed by atoms with Crippen LogP contribution < -0.4 is 0 Å². The summed E-state index contributed by atoms with van der Waals surface area (Å²) in [5.41, 5.74) is 0. The first-order valence-electron chi connectivity index (χ1n) is 14.8. The normalized spacial score (nSPS) is 11.2. The van der Waals surface area contributed by atoms with Gasteiger partial charge in [-0.15, -0.1) is 0 Å². The van der Waals surface area contributed by atoms with Crippen molar-refractivity contribution in [2.24, 2.45) is 0 Å². The van der Waals surface area contributed by atoms with E-state index >= 15 is 0 Å². The molecule has 0 fully saturated rings. The Bertz CT molecular complexity index is 582. The van der Waals surface area contributed by atoms with Crippen LogP contribution in [0.25, 0.3) is 0 Å². The molecule has 256 valence electrons. The van der Waals surface area contributed by atoms with Crippen LogP contribution in [0.1, 0.15) is 13.3 Å². The summed E-state index contributed by atoms with van der Waals surface area (Å²) in [5, 5.41) is 0.